The average molecular weight is 323 g/mol. The molecule has 0 aliphatic heterocycles. The SMILES string of the molecule is CCn1cnnc1CNC(=O)c1cc(Br)ccc1C. The van der Waals surface area contributed by atoms with Crippen LogP contribution >= 0.6 is 15.9 Å². The number of benzene rings is 1. The predicted molar refractivity (Wildman–Crippen MR) is 75.7 cm³/mol. The molecule has 2 aromatic rings. The quantitative estimate of drug-likeness (QED) is 0.939. The molecule has 1 aromatic heterocycles. The molecule has 0 aliphatic rings. The normalized spacial score (nSPS) is 10.5. The van der Waals surface area contributed by atoms with Crippen molar-refractivity contribution in [3.63, 3.8) is 0 Å². The maximum atomic E-state index is 12.1. The summed E-state index contributed by atoms with van der Waals surface area (Å²) in [5.41, 5.74) is 1.61. The summed E-state index contributed by atoms with van der Waals surface area (Å²) in [5, 5.41) is 10.7. The molecule has 0 spiro atoms. The third-order valence-corrected chi connectivity index (χ3v) is 3.38. The van der Waals surface area contributed by atoms with Gasteiger partial charge in [0.25, 0.3) is 5.91 Å². The zero-order valence-electron chi connectivity index (χ0n) is 10.9. The van der Waals surface area contributed by atoms with Gasteiger partial charge in [0, 0.05) is 16.6 Å². The molecule has 0 fully saturated rings. The van der Waals surface area contributed by atoms with Crippen LogP contribution in [0.4, 0.5) is 0 Å². The molecule has 6 heteroatoms. The second-order valence-electron chi connectivity index (χ2n) is 4.18. The Morgan fingerprint density at radius 1 is 1.47 bits per heavy atom. The molecule has 0 atom stereocenters. The minimum atomic E-state index is -0.107. The molecule has 1 amide bonds. The zero-order chi connectivity index (χ0) is 13.8. The van der Waals surface area contributed by atoms with Crippen molar-refractivity contribution in [2.24, 2.45) is 0 Å². The number of carbonyl (C=O) groups is 1. The first-order valence-electron chi connectivity index (χ1n) is 6.03. The lowest BCUT2D eigenvalue weighted by Gasteiger charge is -2.08. The fourth-order valence-electron chi connectivity index (χ4n) is 1.77. The lowest BCUT2D eigenvalue weighted by atomic mass is 10.1. The van der Waals surface area contributed by atoms with Gasteiger partial charge in [0.15, 0.2) is 5.82 Å². The molecule has 1 N–H and O–H groups in total. The van der Waals surface area contributed by atoms with Gasteiger partial charge in [-0.2, -0.15) is 0 Å². The highest BCUT2D eigenvalue weighted by Gasteiger charge is 2.10. The molecule has 0 saturated heterocycles. The second kappa shape index (κ2) is 5.97. The smallest absolute Gasteiger partial charge is 0.251 e. The Hall–Kier alpha value is -1.69. The predicted octanol–water partition coefficient (Wildman–Crippen LogP) is 2.30. The van der Waals surface area contributed by atoms with Crippen LogP contribution in [-0.4, -0.2) is 20.7 Å². The van der Waals surface area contributed by atoms with Gasteiger partial charge in [0.1, 0.15) is 6.33 Å². The fraction of sp³-hybridized carbons (Fsp3) is 0.308. The third kappa shape index (κ3) is 3.20. The van der Waals surface area contributed by atoms with Gasteiger partial charge in [0.2, 0.25) is 0 Å². The van der Waals surface area contributed by atoms with E-state index in [1.165, 1.54) is 0 Å². The summed E-state index contributed by atoms with van der Waals surface area (Å²) in [7, 11) is 0. The number of aryl methyl sites for hydroxylation is 2. The summed E-state index contributed by atoms with van der Waals surface area (Å²) in [6, 6.07) is 5.64. The van der Waals surface area contributed by atoms with Gasteiger partial charge in [0.05, 0.1) is 6.54 Å². The molecule has 19 heavy (non-hydrogen) atoms. The molecular weight excluding hydrogens is 308 g/mol. The largest absolute Gasteiger partial charge is 0.345 e. The van der Waals surface area contributed by atoms with Gasteiger partial charge in [-0.1, -0.05) is 22.0 Å². The number of hydrogen-bond acceptors (Lipinski definition) is 3. The van der Waals surface area contributed by atoms with Crippen LogP contribution in [0.2, 0.25) is 0 Å². The second-order valence-corrected chi connectivity index (χ2v) is 5.09. The van der Waals surface area contributed by atoms with Crippen LogP contribution in [0.3, 0.4) is 0 Å². The van der Waals surface area contributed by atoms with Crippen LogP contribution in [0.5, 0.6) is 0 Å². The number of nitrogens with one attached hydrogen (secondary N) is 1. The number of halogens is 1. The van der Waals surface area contributed by atoms with E-state index >= 15 is 0 Å². The molecule has 0 radical (unpaired) electrons. The number of carbonyl (C=O) groups excluding carboxylic acids is 1. The van der Waals surface area contributed by atoms with Crippen LogP contribution in [0, 0.1) is 6.92 Å². The number of amides is 1. The highest BCUT2D eigenvalue weighted by Crippen LogP contribution is 2.16. The minimum Gasteiger partial charge on any atom is -0.345 e. The Balaban J connectivity index is 2.07. The van der Waals surface area contributed by atoms with Gasteiger partial charge >= 0.3 is 0 Å². The van der Waals surface area contributed by atoms with Crippen molar-refractivity contribution in [3.8, 4) is 0 Å². The molecular formula is C13H15BrN4O. The Morgan fingerprint density at radius 2 is 2.26 bits per heavy atom. The lowest BCUT2D eigenvalue weighted by molar-refractivity contribution is 0.0949. The zero-order valence-corrected chi connectivity index (χ0v) is 12.4. The van der Waals surface area contributed by atoms with Crippen molar-refractivity contribution in [1.29, 1.82) is 0 Å². The molecule has 0 saturated carbocycles. The lowest BCUT2D eigenvalue weighted by Crippen LogP contribution is -2.25. The maximum absolute atomic E-state index is 12.1. The summed E-state index contributed by atoms with van der Waals surface area (Å²) in [5.74, 6) is 0.646. The average Bonchev–Trinajstić information content (AvgIpc) is 2.86. The van der Waals surface area contributed by atoms with E-state index in [0.29, 0.717) is 12.1 Å². The third-order valence-electron chi connectivity index (χ3n) is 2.89. The van der Waals surface area contributed by atoms with Crippen LogP contribution in [0.25, 0.3) is 0 Å². The van der Waals surface area contributed by atoms with E-state index in [0.717, 1.165) is 22.4 Å². The van der Waals surface area contributed by atoms with Crippen LogP contribution in [-0.2, 0) is 13.1 Å². The standard InChI is InChI=1S/C13H15BrN4O/c1-3-18-8-16-17-12(18)7-15-13(19)11-6-10(14)5-4-9(11)2/h4-6,8H,3,7H2,1-2H3,(H,15,19). The molecule has 2 rings (SSSR count). The van der Waals surface area contributed by atoms with E-state index < -0.39 is 0 Å². The molecule has 0 aliphatic carbocycles. The van der Waals surface area contributed by atoms with Gasteiger partial charge in [-0.15, -0.1) is 10.2 Å². The van der Waals surface area contributed by atoms with Crippen molar-refractivity contribution in [1.82, 2.24) is 20.1 Å². The first-order valence-corrected chi connectivity index (χ1v) is 6.82. The van der Waals surface area contributed by atoms with Crippen molar-refractivity contribution in [3.05, 3.63) is 46.0 Å². The topological polar surface area (TPSA) is 59.8 Å². The summed E-state index contributed by atoms with van der Waals surface area (Å²) in [4.78, 5) is 12.1. The first kappa shape index (κ1) is 13.7. The minimum absolute atomic E-state index is 0.107. The Bertz CT molecular complexity index is 594. The van der Waals surface area contributed by atoms with Gasteiger partial charge in [-0.25, -0.2) is 0 Å². The van der Waals surface area contributed by atoms with Crippen molar-refractivity contribution in [2.75, 3.05) is 0 Å². The summed E-state index contributed by atoms with van der Waals surface area (Å²) < 4.78 is 2.79. The van der Waals surface area contributed by atoms with Crippen molar-refractivity contribution < 1.29 is 4.79 Å². The summed E-state index contributed by atoms with van der Waals surface area (Å²) in [6.45, 7) is 5.08. The molecule has 5 nitrogen and oxygen atoms in total. The van der Waals surface area contributed by atoms with Gasteiger partial charge in [-0.3, -0.25) is 4.79 Å². The molecule has 1 heterocycles. The van der Waals surface area contributed by atoms with E-state index in [1.807, 2.05) is 36.6 Å². The highest BCUT2D eigenvalue weighted by atomic mass is 79.9. The molecule has 100 valence electrons. The van der Waals surface area contributed by atoms with Crippen LogP contribution < -0.4 is 5.32 Å². The molecule has 1 aromatic carbocycles. The van der Waals surface area contributed by atoms with Crippen molar-refractivity contribution in [2.45, 2.75) is 26.9 Å². The summed E-state index contributed by atoms with van der Waals surface area (Å²) >= 11 is 3.37. The highest BCUT2D eigenvalue weighted by molar-refractivity contribution is 9.10. The molecule has 0 unspecified atom stereocenters. The van der Waals surface area contributed by atoms with E-state index in [2.05, 4.69) is 31.4 Å². The monoisotopic (exact) mass is 322 g/mol. The Kier molecular flexibility index (Phi) is 4.31. The Morgan fingerprint density at radius 3 is 3.00 bits per heavy atom. The fourth-order valence-corrected chi connectivity index (χ4v) is 2.13. The Labute approximate surface area is 120 Å². The van der Waals surface area contributed by atoms with E-state index in [9.17, 15) is 4.79 Å². The van der Waals surface area contributed by atoms with E-state index in [1.54, 1.807) is 6.33 Å². The number of hydrogen-bond donors (Lipinski definition) is 1. The van der Waals surface area contributed by atoms with Gasteiger partial charge in [-0.05, 0) is 31.5 Å². The number of rotatable bonds is 4. The first-order chi connectivity index (χ1) is 9.11. The van der Waals surface area contributed by atoms with E-state index in [4.69, 9.17) is 0 Å². The maximum Gasteiger partial charge on any atom is 0.251 e. The van der Waals surface area contributed by atoms with E-state index in [-0.39, 0.29) is 5.91 Å². The molecule has 0 bridgehead atoms. The van der Waals surface area contributed by atoms with Crippen LogP contribution in [0.15, 0.2) is 29.0 Å². The van der Waals surface area contributed by atoms with Crippen LogP contribution in [0.1, 0.15) is 28.7 Å². The van der Waals surface area contributed by atoms with Crippen molar-refractivity contribution >= 4 is 21.8 Å². The number of aromatic nitrogens is 3. The number of nitrogens with zero attached hydrogens (tertiary/aromatic N) is 3. The summed E-state index contributed by atoms with van der Waals surface area (Å²) in [6.07, 6.45) is 1.66. The van der Waals surface area contributed by atoms with Gasteiger partial charge < -0.3 is 9.88 Å².